The molecule has 0 aliphatic rings. The first-order chi connectivity index (χ1) is 21.2. The van der Waals surface area contributed by atoms with E-state index in [4.69, 9.17) is 9.47 Å². The van der Waals surface area contributed by atoms with E-state index < -0.39 is 11.9 Å². The van der Waals surface area contributed by atoms with Crippen LogP contribution < -0.4 is 0 Å². The smallest absolute Gasteiger partial charge is 0.325 e. The van der Waals surface area contributed by atoms with E-state index in [2.05, 4.69) is 39.5 Å². The Morgan fingerprint density at radius 3 is 1.20 bits per heavy atom. The maximum Gasteiger partial charge on any atom is 0.325 e. The molecule has 0 N–H and O–H groups in total. The molecule has 1 amide bonds. The number of amides is 1. The van der Waals surface area contributed by atoms with Gasteiger partial charge in [-0.2, -0.15) is 0 Å². The summed E-state index contributed by atoms with van der Waals surface area (Å²) in [7, 11) is 3.95. The van der Waals surface area contributed by atoms with Gasteiger partial charge >= 0.3 is 11.9 Å². The summed E-state index contributed by atoms with van der Waals surface area (Å²) in [4.78, 5) is 43.2. The van der Waals surface area contributed by atoms with Crippen molar-refractivity contribution in [3.8, 4) is 0 Å². The fourth-order valence-electron chi connectivity index (χ4n) is 5.09. The summed E-state index contributed by atoms with van der Waals surface area (Å²) in [5.74, 6) is -0.292. The Balaban J connectivity index is 5.46. The van der Waals surface area contributed by atoms with Gasteiger partial charge in [0, 0.05) is 11.8 Å². The Bertz CT molecular complexity index is 653. The van der Waals surface area contributed by atoms with Gasteiger partial charge in [-0.1, -0.05) is 117 Å². The molecule has 0 aliphatic carbocycles. The highest BCUT2D eigenvalue weighted by Crippen LogP contribution is 2.19. The maximum absolute atomic E-state index is 13.3. The standard InChI is InChI=1S/C36H70N2O5S/c1-8-12-16-20-24-32(25-21-17-13-9-2)42-34(39)28-38(36(41)44-30-31(5)37(6)7)29-35(40)43-33(26-22-18-14-10-3)27-23-19-15-11-4/h31-33H,8-30H2,1-7H3. The first kappa shape index (κ1) is 42.7. The molecule has 0 aliphatic heterocycles. The van der Waals surface area contributed by atoms with Crippen LogP contribution in [0.4, 0.5) is 4.79 Å². The number of hydrogen-bond donors (Lipinski definition) is 0. The molecule has 260 valence electrons. The van der Waals surface area contributed by atoms with Gasteiger partial charge in [0.15, 0.2) is 0 Å². The van der Waals surface area contributed by atoms with Gasteiger partial charge in [0.2, 0.25) is 0 Å². The van der Waals surface area contributed by atoms with E-state index in [1.807, 2.05) is 14.1 Å². The third kappa shape index (κ3) is 24.0. The quantitative estimate of drug-likeness (QED) is 0.0594. The Morgan fingerprint density at radius 1 is 0.568 bits per heavy atom. The van der Waals surface area contributed by atoms with Crippen LogP contribution in [0.15, 0.2) is 0 Å². The normalized spacial score (nSPS) is 12.2. The third-order valence-electron chi connectivity index (χ3n) is 8.34. The predicted octanol–water partition coefficient (Wildman–Crippen LogP) is 9.80. The van der Waals surface area contributed by atoms with Crippen molar-refractivity contribution in [3.05, 3.63) is 0 Å². The topological polar surface area (TPSA) is 76.1 Å². The van der Waals surface area contributed by atoms with Gasteiger partial charge in [0.1, 0.15) is 25.3 Å². The zero-order valence-corrected chi connectivity index (χ0v) is 30.7. The van der Waals surface area contributed by atoms with Crippen LogP contribution >= 0.6 is 11.8 Å². The van der Waals surface area contributed by atoms with Crippen molar-refractivity contribution < 1.29 is 23.9 Å². The van der Waals surface area contributed by atoms with Crippen LogP contribution in [-0.2, 0) is 19.1 Å². The van der Waals surface area contributed by atoms with Crippen LogP contribution in [0.1, 0.15) is 163 Å². The Morgan fingerprint density at radius 2 is 0.909 bits per heavy atom. The first-order valence-corrected chi connectivity index (χ1v) is 19.1. The van der Waals surface area contributed by atoms with Crippen LogP contribution in [0, 0.1) is 0 Å². The highest BCUT2D eigenvalue weighted by molar-refractivity contribution is 8.13. The van der Waals surface area contributed by atoms with E-state index in [0.29, 0.717) is 5.75 Å². The molecule has 0 saturated carbocycles. The van der Waals surface area contributed by atoms with E-state index in [-0.39, 0.29) is 36.6 Å². The molecular weight excluding hydrogens is 572 g/mol. The zero-order chi connectivity index (χ0) is 33.0. The van der Waals surface area contributed by atoms with Crippen LogP contribution in [-0.4, -0.2) is 78.2 Å². The van der Waals surface area contributed by atoms with Gasteiger partial charge in [-0.15, -0.1) is 0 Å². The van der Waals surface area contributed by atoms with Crippen molar-refractivity contribution in [1.29, 1.82) is 0 Å². The average Bonchev–Trinajstić information content (AvgIpc) is 2.99. The van der Waals surface area contributed by atoms with Gasteiger partial charge in [-0.25, -0.2) is 0 Å². The van der Waals surface area contributed by atoms with Crippen LogP contribution in [0.2, 0.25) is 0 Å². The number of hydrogen-bond acceptors (Lipinski definition) is 7. The molecule has 1 unspecified atom stereocenters. The summed E-state index contributed by atoms with van der Waals surface area (Å²) in [5, 5.41) is -0.280. The molecule has 8 heteroatoms. The molecule has 0 bridgehead atoms. The Labute approximate surface area is 276 Å². The van der Waals surface area contributed by atoms with E-state index in [0.717, 1.165) is 114 Å². The first-order valence-electron chi connectivity index (χ1n) is 18.1. The number of carbonyl (C=O) groups is 3. The summed E-state index contributed by atoms with van der Waals surface area (Å²) in [5.41, 5.74) is 0. The summed E-state index contributed by atoms with van der Waals surface area (Å²) < 4.78 is 11.9. The van der Waals surface area contributed by atoms with Crippen LogP contribution in [0.25, 0.3) is 0 Å². The summed E-state index contributed by atoms with van der Waals surface area (Å²) in [6.07, 6.45) is 21.2. The monoisotopic (exact) mass is 643 g/mol. The second-order valence-corrected chi connectivity index (χ2v) is 13.8. The number of ether oxygens (including phenoxy) is 2. The Kier molecular flexibility index (Phi) is 28.3. The zero-order valence-electron chi connectivity index (χ0n) is 29.8. The minimum atomic E-state index is -0.431. The van der Waals surface area contributed by atoms with Gasteiger partial charge in [0.05, 0.1) is 0 Å². The molecule has 0 aromatic carbocycles. The number of nitrogens with zero attached hydrogens (tertiary/aromatic N) is 2. The van der Waals surface area contributed by atoms with Crippen molar-refractivity contribution in [3.63, 3.8) is 0 Å². The van der Waals surface area contributed by atoms with Gasteiger partial charge in [0.25, 0.3) is 5.24 Å². The highest BCUT2D eigenvalue weighted by Gasteiger charge is 2.26. The fraction of sp³-hybridized carbons (Fsp3) is 0.917. The van der Waals surface area contributed by atoms with Crippen molar-refractivity contribution in [1.82, 2.24) is 9.80 Å². The van der Waals surface area contributed by atoms with E-state index in [1.54, 1.807) is 0 Å². The molecule has 0 aromatic rings. The minimum Gasteiger partial charge on any atom is -0.461 e. The predicted molar refractivity (Wildman–Crippen MR) is 187 cm³/mol. The van der Waals surface area contributed by atoms with E-state index >= 15 is 0 Å². The summed E-state index contributed by atoms with van der Waals surface area (Å²) >= 11 is 1.15. The minimum absolute atomic E-state index is 0.142. The maximum atomic E-state index is 13.3. The number of carbonyl (C=O) groups excluding carboxylic acids is 3. The van der Waals surface area contributed by atoms with Crippen LogP contribution in [0.5, 0.6) is 0 Å². The number of thioether (sulfide) groups is 1. The van der Waals surface area contributed by atoms with Crippen molar-refractivity contribution in [2.45, 2.75) is 181 Å². The largest absolute Gasteiger partial charge is 0.461 e. The number of esters is 2. The lowest BCUT2D eigenvalue weighted by Gasteiger charge is -2.25. The lowest BCUT2D eigenvalue weighted by molar-refractivity contribution is -0.153. The lowest BCUT2D eigenvalue weighted by Crippen LogP contribution is -2.41. The molecule has 0 saturated heterocycles. The third-order valence-corrected chi connectivity index (χ3v) is 9.50. The van der Waals surface area contributed by atoms with Gasteiger partial charge < -0.3 is 19.3 Å². The van der Waals surface area contributed by atoms with E-state index in [9.17, 15) is 14.4 Å². The fourth-order valence-corrected chi connectivity index (χ4v) is 6.09. The molecule has 0 radical (unpaired) electrons. The number of rotatable bonds is 29. The second kappa shape index (κ2) is 29.1. The molecule has 1 atom stereocenters. The highest BCUT2D eigenvalue weighted by atomic mass is 32.2. The SMILES string of the molecule is CCCCCCC(CCCCCC)OC(=O)CN(CC(=O)OC(CCCCCC)CCCCCC)C(=O)SCC(C)N(C)C. The van der Waals surface area contributed by atoms with Crippen LogP contribution in [0.3, 0.4) is 0 Å². The Hall–Kier alpha value is -1.28. The van der Waals surface area contributed by atoms with Crippen molar-refractivity contribution >= 4 is 28.9 Å². The average molecular weight is 643 g/mol. The van der Waals surface area contributed by atoms with Gasteiger partial charge in [-0.05, 0) is 72.4 Å². The number of unbranched alkanes of at least 4 members (excludes halogenated alkanes) is 12. The summed E-state index contributed by atoms with van der Waals surface area (Å²) in [6.45, 7) is 10.4. The molecule has 0 spiro atoms. The molecule has 0 fully saturated rings. The summed E-state index contributed by atoms with van der Waals surface area (Å²) in [6, 6.07) is 0.177. The molecule has 0 aromatic heterocycles. The molecule has 0 rings (SSSR count). The molecule has 0 heterocycles. The lowest BCUT2D eigenvalue weighted by atomic mass is 10.0. The molecular formula is C36H70N2O5S. The van der Waals surface area contributed by atoms with E-state index in [1.165, 1.54) is 30.6 Å². The van der Waals surface area contributed by atoms with Crippen molar-refractivity contribution in [2.24, 2.45) is 0 Å². The van der Waals surface area contributed by atoms with Gasteiger partial charge in [-0.3, -0.25) is 14.4 Å². The molecule has 7 nitrogen and oxygen atoms in total. The molecule has 44 heavy (non-hydrogen) atoms. The second-order valence-electron chi connectivity index (χ2n) is 12.9. The van der Waals surface area contributed by atoms with Crippen molar-refractivity contribution in [2.75, 3.05) is 32.9 Å².